The van der Waals surface area contributed by atoms with Gasteiger partial charge in [-0.1, -0.05) is 24.6 Å². The molecule has 1 N–H and O–H groups in total. The Bertz CT molecular complexity index is 400. The molecule has 2 nitrogen and oxygen atoms in total. The zero-order valence-electron chi connectivity index (χ0n) is 12.8. The molecule has 0 aromatic heterocycles. The minimum atomic E-state index is 0.325. The molecular formula is C17H27NO. The maximum Gasteiger partial charge on any atom is 0.0665 e. The predicted octanol–water partition coefficient (Wildman–Crippen LogP) is 3.83. The van der Waals surface area contributed by atoms with E-state index in [-0.39, 0.29) is 0 Å². The van der Waals surface area contributed by atoms with Crippen molar-refractivity contribution in [2.24, 2.45) is 0 Å². The SMILES string of the molecule is CCNC(COC1CCC1)c1c(C)cc(C)cc1C. The van der Waals surface area contributed by atoms with Crippen molar-refractivity contribution in [3.8, 4) is 0 Å². The van der Waals surface area contributed by atoms with E-state index >= 15 is 0 Å². The van der Waals surface area contributed by atoms with Gasteiger partial charge in [-0.3, -0.25) is 0 Å². The van der Waals surface area contributed by atoms with Crippen molar-refractivity contribution in [3.63, 3.8) is 0 Å². The lowest BCUT2D eigenvalue weighted by Crippen LogP contribution is -2.31. The number of benzene rings is 1. The summed E-state index contributed by atoms with van der Waals surface area (Å²) in [6, 6.07) is 4.87. The van der Waals surface area contributed by atoms with E-state index in [2.05, 4.69) is 45.1 Å². The third-order valence-electron chi connectivity index (χ3n) is 4.09. The van der Waals surface area contributed by atoms with Crippen LogP contribution in [0.2, 0.25) is 0 Å². The van der Waals surface area contributed by atoms with Gasteiger partial charge in [0.1, 0.15) is 0 Å². The molecule has 0 spiro atoms. The Morgan fingerprint density at radius 3 is 2.32 bits per heavy atom. The van der Waals surface area contributed by atoms with Crippen molar-refractivity contribution in [1.29, 1.82) is 0 Å². The van der Waals surface area contributed by atoms with Gasteiger partial charge in [-0.05, 0) is 63.3 Å². The van der Waals surface area contributed by atoms with Crippen LogP contribution in [0.4, 0.5) is 0 Å². The van der Waals surface area contributed by atoms with E-state index in [4.69, 9.17) is 4.74 Å². The van der Waals surface area contributed by atoms with Crippen LogP contribution in [0.1, 0.15) is 54.5 Å². The van der Waals surface area contributed by atoms with E-state index in [1.807, 2.05) is 0 Å². The third-order valence-corrected chi connectivity index (χ3v) is 4.09. The highest BCUT2D eigenvalue weighted by Crippen LogP contribution is 2.27. The van der Waals surface area contributed by atoms with Crippen LogP contribution in [-0.4, -0.2) is 19.3 Å². The van der Waals surface area contributed by atoms with Crippen molar-refractivity contribution in [1.82, 2.24) is 5.32 Å². The van der Waals surface area contributed by atoms with Crippen molar-refractivity contribution >= 4 is 0 Å². The van der Waals surface area contributed by atoms with Crippen LogP contribution in [0.5, 0.6) is 0 Å². The van der Waals surface area contributed by atoms with Crippen molar-refractivity contribution in [3.05, 3.63) is 34.4 Å². The number of rotatable bonds is 6. The number of hydrogen-bond acceptors (Lipinski definition) is 2. The van der Waals surface area contributed by atoms with Crippen LogP contribution < -0.4 is 5.32 Å². The molecular weight excluding hydrogens is 234 g/mol. The lowest BCUT2D eigenvalue weighted by molar-refractivity contribution is -0.00875. The minimum Gasteiger partial charge on any atom is -0.376 e. The quantitative estimate of drug-likeness (QED) is 0.840. The van der Waals surface area contributed by atoms with Gasteiger partial charge in [-0.15, -0.1) is 0 Å². The summed E-state index contributed by atoms with van der Waals surface area (Å²) in [4.78, 5) is 0. The Morgan fingerprint density at radius 1 is 1.21 bits per heavy atom. The summed E-state index contributed by atoms with van der Waals surface area (Å²) < 4.78 is 6.02. The maximum absolute atomic E-state index is 6.02. The summed E-state index contributed by atoms with van der Waals surface area (Å²) in [6.45, 7) is 10.5. The van der Waals surface area contributed by atoms with Gasteiger partial charge in [0.15, 0.2) is 0 Å². The summed E-state index contributed by atoms with van der Waals surface area (Å²) in [5.41, 5.74) is 5.52. The first kappa shape index (κ1) is 14.5. The van der Waals surface area contributed by atoms with E-state index in [1.54, 1.807) is 0 Å². The topological polar surface area (TPSA) is 21.3 Å². The van der Waals surface area contributed by atoms with Gasteiger partial charge in [-0.2, -0.15) is 0 Å². The predicted molar refractivity (Wildman–Crippen MR) is 80.7 cm³/mol. The molecule has 1 aliphatic carbocycles. The third kappa shape index (κ3) is 3.58. The molecule has 0 amide bonds. The molecule has 1 fully saturated rings. The lowest BCUT2D eigenvalue weighted by atomic mass is 9.93. The van der Waals surface area contributed by atoms with Gasteiger partial charge < -0.3 is 10.1 Å². The summed E-state index contributed by atoms with van der Waals surface area (Å²) in [6.07, 6.45) is 4.32. The van der Waals surface area contributed by atoms with Gasteiger partial charge in [0.25, 0.3) is 0 Å². The summed E-state index contributed by atoms with van der Waals surface area (Å²) >= 11 is 0. The second-order valence-corrected chi connectivity index (χ2v) is 5.81. The fourth-order valence-corrected chi connectivity index (χ4v) is 3.00. The first-order valence-corrected chi connectivity index (χ1v) is 7.54. The lowest BCUT2D eigenvalue weighted by Gasteiger charge is -2.29. The summed E-state index contributed by atoms with van der Waals surface area (Å²) in [7, 11) is 0. The van der Waals surface area contributed by atoms with Gasteiger partial charge >= 0.3 is 0 Å². The molecule has 1 unspecified atom stereocenters. The molecule has 1 aromatic rings. The molecule has 106 valence electrons. The van der Waals surface area contributed by atoms with E-state index in [0.717, 1.165) is 13.2 Å². The number of aryl methyl sites for hydroxylation is 3. The molecule has 0 radical (unpaired) electrons. The van der Waals surface area contributed by atoms with Crippen molar-refractivity contribution in [2.45, 2.75) is 59.1 Å². The molecule has 1 atom stereocenters. The normalized spacial score (nSPS) is 17.3. The van der Waals surface area contributed by atoms with Crippen LogP contribution in [-0.2, 0) is 4.74 Å². The highest BCUT2D eigenvalue weighted by atomic mass is 16.5. The molecule has 0 saturated heterocycles. The number of ether oxygens (including phenoxy) is 1. The fraction of sp³-hybridized carbons (Fsp3) is 0.647. The van der Waals surface area contributed by atoms with Gasteiger partial charge in [0.2, 0.25) is 0 Å². The van der Waals surface area contributed by atoms with Gasteiger partial charge in [-0.25, -0.2) is 0 Å². The average Bonchev–Trinajstić information content (AvgIpc) is 2.25. The van der Waals surface area contributed by atoms with Gasteiger partial charge in [0, 0.05) is 0 Å². The monoisotopic (exact) mass is 261 g/mol. The first-order valence-electron chi connectivity index (χ1n) is 7.54. The summed E-state index contributed by atoms with van der Waals surface area (Å²) in [5.74, 6) is 0. The molecule has 2 rings (SSSR count). The van der Waals surface area contributed by atoms with Gasteiger partial charge in [0.05, 0.1) is 18.8 Å². The van der Waals surface area contributed by atoms with Crippen molar-refractivity contribution in [2.75, 3.05) is 13.2 Å². The Morgan fingerprint density at radius 2 is 1.84 bits per heavy atom. The smallest absolute Gasteiger partial charge is 0.0665 e. The minimum absolute atomic E-state index is 0.325. The largest absolute Gasteiger partial charge is 0.376 e. The van der Waals surface area contributed by atoms with Crippen LogP contribution in [0.25, 0.3) is 0 Å². The van der Waals surface area contributed by atoms with Crippen LogP contribution >= 0.6 is 0 Å². The molecule has 0 aliphatic heterocycles. The molecule has 1 saturated carbocycles. The molecule has 2 heteroatoms. The number of hydrogen-bond donors (Lipinski definition) is 1. The maximum atomic E-state index is 6.02. The standard InChI is InChI=1S/C17H27NO/c1-5-18-16(11-19-15-7-6-8-15)17-13(3)9-12(2)10-14(17)4/h9-10,15-16,18H,5-8,11H2,1-4H3. The van der Waals surface area contributed by atoms with Crippen molar-refractivity contribution < 1.29 is 4.74 Å². The van der Waals surface area contributed by atoms with E-state index in [0.29, 0.717) is 12.1 Å². The molecule has 19 heavy (non-hydrogen) atoms. The molecule has 0 heterocycles. The van der Waals surface area contributed by atoms with E-state index in [9.17, 15) is 0 Å². The van der Waals surface area contributed by atoms with Crippen LogP contribution in [0, 0.1) is 20.8 Å². The molecule has 0 bridgehead atoms. The zero-order valence-corrected chi connectivity index (χ0v) is 12.8. The summed E-state index contributed by atoms with van der Waals surface area (Å²) in [5, 5.41) is 3.58. The second-order valence-electron chi connectivity index (χ2n) is 5.81. The second kappa shape index (κ2) is 6.53. The average molecular weight is 261 g/mol. The fourth-order valence-electron chi connectivity index (χ4n) is 3.00. The first-order chi connectivity index (χ1) is 9.11. The van der Waals surface area contributed by atoms with E-state index < -0.39 is 0 Å². The number of nitrogens with one attached hydrogen (secondary N) is 1. The van der Waals surface area contributed by atoms with Crippen LogP contribution in [0.3, 0.4) is 0 Å². The highest BCUT2D eigenvalue weighted by molar-refractivity contribution is 5.39. The van der Waals surface area contributed by atoms with Crippen LogP contribution in [0.15, 0.2) is 12.1 Å². The zero-order chi connectivity index (χ0) is 13.8. The Balaban J connectivity index is 2.12. The Kier molecular flexibility index (Phi) is 5.00. The molecule has 1 aromatic carbocycles. The molecule has 1 aliphatic rings. The number of likely N-dealkylation sites (N-methyl/N-ethyl adjacent to an activating group) is 1. The van der Waals surface area contributed by atoms with E-state index in [1.165, 1.54) is 41.5 Å². The Hall–Kier alpha value is -0.860. The highest BCUT2D eigenvalue weighted by Gasteiger charge is 2.22. The Labute approximate surface area is 117 Å².